The van der Waals surface area contributed by atoms with E-state index in [0.29, 0.717) is 5.56 Å². The normalized spacial score (nSPS) is 16.5. The molecule has 0 unspecified atom stereocenters. The van der Waals surface area contributed by atoms with E-state index in [1.165, 1.54) is 12.8 Å². The Labute approximate surface area is 115 Å². The number of hydrogen-bond acceptors (Lipinski definition) is 3. The maximum atomic E-state index is 11.1. The molecule has 0 saturated carbocycles. The van der Waals surface area contributed by atoms with Crippen molar-refractivity contribution in [2.45, 2.75) is 12.8 Å². The van der Waals surface area contributed by atoms with Crippen molar-refractivity contribution in [2.75, 3.05) is 25.0 Å². The summed E-state index contributed by atoms with van der Waals surface area (Å²) in [6, 6.07) is 5.55. The van der Waals surface area contributed by atoms with Crippen LogP contribution in [0.2, 0.25) is 0 Å². The van der Waals surface area contributed by atoms with Gasteiger partial charge in [0.15, 0.2) is 0 Å². The van der Waals surface area contributed by atoms with Gasteiger partial charge in [-0.05, 0) is 66.0 Å². The minimum absolute atomic E-state index is 0.410. The molecule has 18 heavy (non-hydrogen) atoms. The van der Waals surface area contributed by atoms with Crippen LogP contribution in [0.25, 0.3) is 0 Å². The second-order valence-electron chi connectivity index (χ2n) is 4.63. The van der Waals surface area contributed by atoms with E-state index in [0.717, 1.165) is 35.7 Å². The Bertz CT molecular complexity index is 430. The molecule has 1 aliphatic rings. The number of hydrogen-bond donors (Lipinski definition) is 3. The number of anilines is 1. The van der Waals surface area contributed by atoms with Crippen molar-refractivity contribution in [1.82, 2.24) is 5.32 Å². The van der Waals surface area contributed by atoms with Gasteiger partial charge in [0.1, 0.15) is 0 Å². The second kappa shape index (κ2) is 6.20. The summed E-state index contributed by atoms with van der Waals surface area (Å²) in [4.78, 5) is 11.1. The third-order valence-electron chi connectivity index (χ3n) is 3.29. The lowest BCUT2D eigenvalue weighted by molar-refractivity contribution is 0.0999. The highest BCUT2D eigenvalue weighted by molar-refractivity contribution is 9.10. The van der Waals surface area contributed by atoms with Crippen molar-refractivity contribution in [2.24, 2.45) is 11.7 Å². The molecular formula is C13H18BrN3O. The van der Waals surface area contributed by atoms with Crippen LogP contribution in [0.3, 0.4) is 0 Å². The largest absolute Gasteiger partial charge is 0.385 e. The molecule has 1 amide bonds. The first kappa shape index (κ1) is 13.4. The molecule has 1 aliphatic heterocycles. The van der Waals surface area contributed by atoms with Gasteiger partial charge in [0.2, 0.25) is 5.91 Å². The Kier molecular flexibility index (Phi) is 4.60. The summed E-state index contributed by atoms with van der Waals surface area (Å²) in [7, 11) is 0. The van der Waals surface area contributed by atoms with Gasteiger partial charge in [0.05, 0.1) is 5.56 Å². The summed E-state index contributed by atoms with van der Waals surface area (Å²) >= 11 is 3.36. The van der Waals surface area contributed by atoms with Gasteiger partial charge >= 0.3 is 0 Å². The molecule has 5 heteroatoms. The molecule has 1 saturated heterocycles. The van der Waals surface area contributed by atoms with Gasteiger partial charge in [-0.3, -0.25) is 4.79 Å². The third-order valence-corrected chi connectivity index (χ3v) is 3.94. The first-order valence-corrected chi connectivity index (χ1v) is 7.00. The zero-order valence-corrected chi connectivity index (χ0v) is 11.8. The Morgan fingerprint density at radius 3 is 2.78 bits per heavy atom. The van der Waals surface area contributed by atoms with E-state index < -0.39 is 5.91 Å². The molecule has 0 atom stereocenters. The number of piperidine rings is 1. The lowest BCUT2D eigenvalue weighted by Crippen LogP contribution is -2.31. The fraction of sp³-hybridized carbons (Fsp3) is 0.462. The average molecular weight is 312 g/mol. The van der Waals surface area contributed by atoms with Crippen LogP contribution in [0, 0.1) is 5.92 Å². The Morgan fingerprint density at radius 1 is 1.44 bits per heavy atom. The maximum Gasteiger partial charge on any atom is 0.249 e. The second-order valence-corrected chi connectivity index (χ2v) is 5.49. The van der Waals surface area contributed by atoms with Crippen molar-refractivity contribution in [3.8, 4) is 0 Å². The van der Waals surface area contributed by atoms with E-state index in [4.69, 9.17) is 5.73 Å². The lowest BCUT2D eigenvalue weighted by Gasteiger charge is -2.23. The fourth-order valence-electron chi connectivity index (χ4n) is 2.17. The molecule has 0 aromatic heterocycles. The minimum atomic E-state index is -0.410. The first-order valence-electron chi connectivity index (χ1n) is 6.21. The van der Waals surface area contributed by atoms with E-state index in [2.05, 4.69) is 26.6 Å². The van der Waals surface area contributed by atoms with E-state index in [-0.39, 0.29) is 0 Å². The summed E-state index contributed by atoms with van der Waals surface area (Å²) in [6.07, 6.45) is 2.43. The van der Waals surface area contributed by atoms with Crippen molar-refractivity contribution in [3.63, 3.8) is 0 Å². The molecule has 4 N–H and O–H groups in total. The number of carbonyl (C=O) groups excluding carboxylic acids is 1. The highest BCUT2D eigenvalue weighted by Crippen LogP contribution is 2.22. The summed E-state index contributed by atoms with van der Waals surface area (Å²) < 4.78 is 0.741. The molecule has 2 rings (SSSR count). The van der Waals surface area contributed by atoms with Gasteiger partial charge in [-0.2, -0.15) is 0 Å². The molecule has 0 radical (unpaired) electrons. The molecule has 1 aromatic carbocycles. The van der Waals surface area contributed by atoms with Crippen molar-refractivity contribution >= 4 is 27.5 Å². The fourth-order valence-corrected chi connectivity index (χ4v) is 2.75. The Hall–Kier alpha value is -1.07. The van der Waals surface area contributed by atoms with Gasteiger partial charge in [0.25, 0.3) is 0 Å². The summed E-state index contributed by atoms with van der Waals surface area (Å²) in [5, 5.41) is 6.77. The maximum absolute atomic E-state index is 11.1. The van der Waals surface area contributed by atoms with Crippen LogP contribution in [-0.4, -0.2) is 25.5 Å². The minimum Gasteiger partial charge on any atom is -0.385 e. The zero-order valence-electron chi connectivity index (χ0n) is 10.2. The standard InChI is InChI=1S/C13H18BrN3O/c14-12-7-10(1-2-11(12)13(15)18)17-8-9-3-5-16-6-4-9/h1-2,7,9,16-17H,3-6,8H2,(H2,15,18). The number of halogens is 1. The highest BCUT2D eigenvalue weighted by atomic mass is 79.9. The molecule has 1 heterocycles. The van der Waals surface area contributed by atoms with E-state index in [1.807, 2.05) is 12.1 Å². The summed E-state index contributed by atoms with van der Waals surface area (Å²) in [5.74, 6) is 0.313. The summed E-state index contributed by atoms with van der Waals surface area (Å²) in [6.45, 7) is 3.19. The van der Waals surface area contributed by atoms with E-state index >= 15 is 0 Å². The average Bonchev–Trinajstić information content (AvgIpc) is 2.37. The molecule has 1 aromatic rings. The van der Waals surface area contributed by atoms with Crippen molar-refractivity contribution in [1.29, 1.82) is 0 Å². The van der Waals surface area contributed by atoms with Crippen LogP contribution in [0.5, 0.6) is 0 Å². The number of nitrogens with one attached hydrogen (secondary N) is 2. The highest BCUT2D eigenvalue weighted by Gasteiger charge is 2.13. The van der Waals surface area contributed by atoms with Crippen LogP contribution >= 0.6 is 15.9 Å². The topological polar surface area (TPSA) is 67.2 Å². The predicted octanol–water partition coefficient (Wildman–Crippen LogP) is 1.96. The molecule has 0 aliphatic carbocycles. The van der Waals surface area contributed by atoms with Crippen LogP contribution in [-0.2, 0) is 0 Å². The van der Waals surface area contributed by atoms with E-state index in [1.54, 1.807) is 6.07 Å². The van der Waals surface area contributed by atoms with Gasteiger partial charge in [-0.1, -0.05) is 0 Å². The van der Waals surface area contributed by atoms with Crippen LogP contribution in [0.1, 0.15) is 23.2 Å². The zero-order chi connectivity index (χ0) is 13.0. The van der Waals surface area contributed by atoms with E-state index in [9.17, 15) is 4.79 Å². The molecular weight excluding hydrogens is 294 g/mol. The van der Waals surface area contributed by atoms with Crippen LogP contribution in [0.15, 0.2) is 22.7 Å². The lowest BCUT2D eigenvalue weighted by atomic mass is 9.98. The van der Waals surface area contributed by atoms with Gasteiger partial charge in [-0.25, -0.2) is 0 Å². The number of amides is 1. The molecule has 0 spiro atoms. The number of primary amides is 1. The van der Waals surface area contributed by atoms with Crippen molar-refractivity contribution in [3.05, 3.63) is 28.2 Å². The number of rotatable bonds is 4. The SMILES string of the molecule is NC(=O)c1ccc(NCC2CCNCC2)cc1Br. The number of benzene rings is 1. The van der Waals surface area contributed by atoms with Gasteiger partial charge in [-0.15, -0.1) is 0 Å². The summed E-state index contributed by atoms with van der Waals surface area (Å²) in [5.41, 5.74) is 6.79. The molecule has 98 valence electrons. The number of carbonyl (C=O) groups is 1. The molecule has 0 bridgehead atoms. The van der Waals surface area contributed by atoms with Crippen LogP contribution in [0.4, 0.5) is 5.69 Å². The third kappa shape index (κ3) is 3.46. The quantitative estimate of drug-likeness (QED) is 0.796. The van der Waals surface area contributed by atoms with Crippen molar-refractivity contribution < 1.29 is 4.79 Å². The van der Waals surface area contributed by atoms with Gasteiger partial charge in [0, 0.05) is 16.7 Å². The predicted molar refractivity (Wildman–Crippen MR) is 76.7 cm³/mol. The first-order chi connectivity index (χ1) is 8.66. The molecule has 4 nitrogen and oxygen atoms in total. The molecule has 1 fully saturated rings. The Balaban J connectivity index is 1.93. The Morgan fingerprint density at radius 2 is 2.17 bits per heavy atom. The van der Waals surface area contributed by atoms with Gasteiger partial charge < -0.3 is 16.4 Å². The monoisotopic (exact) mass is 311 g/mol. The number of nitrogens with two attached hydrogens (primary N) is 1. The van der Waals surface area contributed by atoms with Crippen LogP contribution < -0.4 is 16.4 Å². The smallest absolute Gasteiger partial charge is 0.249 e.